The van der Waals surface area contributed by atoms with Crippen LogP contribution in [0, 0.1) is 12.3 Å². The number of rotatable bonds is 1. The lowest BCUT2D eigenvalue weighted by Crippen LogP contribution is -2.05. The van der Waals surface area contributed by atoms with Crippen molar-refractivity contribution in [2.45, 2.75) is 6.42 Å². The van der Waals surface area contributed by atoms with Crippen LogP contribution < -0.4 is 0 Å². The van der Waals surface area contributed by atoms with Crippen molar-refractivity contribution in [1.82, 2.24) is 4.57 Å². The zero-order valence-electron chi connectivity index (χ0n) is 7.97. The molecule has 0 saturated carbocycles. The summed E-state index contributed by atoms with van der Waals surface area (Å²) in [5.74, 6) is 2.53. The standard InChI is InChI=1S/C12H9NO2/c1-2-3-9-4-5-10-6-7-13(12(14)15)11(10)8-9/h1,4-8H,3H2,(H,14,15). The molecule has 0 unspecified atom stereocenters. The third-order valence-electron chi connectivity index (χ3n) is 2.27. The summed E-state index contributed by atoms with van der Waals surface area (Å²) in [4.78, 5) is 10.9. The van der Waals surface area contributed by atoms with Crippen molar-refractivity contribution in [3.63, 3.8) is 0 Å². The van der Waals surface area contributed by atoms with Crippen LogP contribution in [0.3, 0.4) is 0 Å². The van der Waals surface area contributed by atoms with Gasteiger partial charge in [0, 0.05) is 18.0 Å². The third-order valence-corrected chi connectivity index (χ3v) is 2.27. The Labute approximate surface area is 86.9 Å². The van der Waals surface area contributed by atoms with Gasteiger partial charge in [-0.1, -0.05) is 12.1 Å². The maximum atomic E-state index is 10.9. The largest absolute Gasteiger partial charge is 0.464 e. The Hall–Kier alpha value is -2.21. The summed E-state index contributed by atoms with van der Waals surface area (Å²) in [6, 6.07) is 7.36. The molecule has 0 amide bonds. The Bertz CT molecular complexity index is 560. The first-order chi connectivity index (χ1) is 7.22. The Kier molecular flexibility index (Phi) is 2.18. The van der Waals surface area contributed by atoms with Crippen molar-refractivity contribution in [3.05, 3.63) is 36.0 Å². The topological polar surface area (TPSA) is 42.2 Å². The zero-order valence-corrected chi connectivity index (χ0v) is 7.97. The average molecular weight is 199 g/mol. The van der Waals surface area contributed by atoms with Crippen molar-refractivity contribution < 1.29 is 9.90 Å². The van der Waals surface area contributed by atoms with Gasteiger partial charge in [0.05, 0.1) is 5.52 Å². The third kappa shape index (κ3) is 1.57. The van der Waals surface area contributed by atoms with Gasteiger partial charge in [-0.25, -0.2) is 4.79 Å². The van der Waals surface area contributed by atoms with Crippen LogP contribution in [0.5, 0.6) is 0 Å². The highest BCUT2D eigenvalue weighted by atomic mass is 16.4. The average Bonchev–Trinajstić information content (AvgIpc) is 2.61. The van der Waals surface area contributed by atoms with Crippen LogP contribution in [0.1, 0.15) is 5.56 Å². The molecule has 0 radical (unpaired) electrons. The fourth-order valence-electron chi connectivity index (χ4n) is 1.57. The highest BCUT2D eigenvalue weighted by Gasteiger charge is 2.06. The Morgan fingerprint density at radius 1 is 1.47 bits per heavy atom. The number of hydrogen-bond donors (Lipinski definition) is 1. The van der Waals surface area contributed by atoms with E-state index in [1.54, 1.807) is 6.07 Å². The number of aromatic nitrogens is 1. The first-order valence-electron chi connectivity index (χ1n) is 4.49. The van der Waals surface area contributed by atoms with Gasteiger partial charge in [-0.15, -0.1) is 12.3 Å². The van der Waals surface area contributed by atoms with E-state index < -0.39 is 6.09 Å². The normalized spacial score (nSPS) is 10.1. The number of terminal acetylenes is 1. The molecular weight excluding hydrogens is 190 g/mol. The van der Waals surface area contributed by atoms with Crippen molar-refractivity contribution in [2.24, 2.45) is 0 Å². The van der Waals surface area contributed by atoms with E-state index in [0.717, 1.165) is 10.9 Å². The van der Waals surface area contributed by atoms with Crippen molar-refractivity contribution >= 4 is 17.0 Å². The monoisotopic (exact) mass is 199 g/mol. The molecule has 74 valence electrons. The molecule has 3 heteroatoms. The molecule has 1 aromatic carbocycles. The highest BCUT2D eigenvalue weighted by molar-refractivity contribution is 5.89. The minimum Gasteiger partial charge on any atom is -0.464 e. The minimum atomic E-state index is -0.983. The molecule has 0 spiro atoms. The van der Waals surface area contributed by atoms with Gasteiger partial charge in [0.15, 0.2) is 0 Å². The molecule has 1 heterocycles. The second kappa shape index (κ2) is 3.50. The van der Waals surface area contributed by atoms with Crippen LogP contribution in [-0.4, -0.2) is 15.8 Å². The highest BCUT2D eigenvalue weighted by Crippen LogP contribution is 2.17. The van der Waals surface area contributed by atoms with Gasteiger partial charge in [0.2, 0.25) is 0 Å². The number of benzene rings is 1. The lowest BCUT2D eigenvalue weighted by molar-refractivity contribution is 0.197. The molecule has 0 aliphatic rings. The van der Waals surface area contributed by atoms with Gasteiger partial charge in [0.1, 0.15) is 0 Å². The molecule has 1 N–H and O–H groups in total. The summed E-state index contributed by atoms with van der Waals surface area (Å²) in [6.45, 7) is 0. The molecule has 2 aromatic rings. The minimum absolute atomic E-state index is 0.515. The molecular formula is C12H9NO2. The maximum absolute atomic E-state index is 10.9. The SMILES string of the molecule is C#CCc1ccc2ccn(C(=O)O)c2c1. The van der Waals surface area contributed by atoms with Gasteiger partial charge in [-0.3, -0.25) is 4.57 Å². The van der Waals surface area contributed by atoms with E-state index >= 15 is 0 Å². The molecule has 3 nitrogen and oxygen atoms in total. The van der Waals surface area contributed by atoms with E-state index in [1.165, 1.54) is 10.8 Å². The predicted molar refractivity (Wildman–Crippen MR) is 57.9 cm³/mol. The molecule has 0 atom stereocenters. The van der Waals surface area contributed by atoms with Crippen molar-refractivity contribution in [1.29, 1.82) is 0 Å². The summed E-state index contributed by atoms with van der Waals surface area (Å²) in [5, 5.41) is 9.82. The summed E-state index contributed by atoms with van der Waals surface area (Å²) in [5.41, 5.74) is 1.63. The Morgan fingerprint density at radius 2 is 2.27 bits per heavy atom. The Morgan fingerprint density at radius 3 is 2.93 bits per heavy atom. The maximum Gasteiger partial charge on any atom is 0.415 e. The lowest BCUT2D eigenvalue weighted by Gasteiger charge is -2.00. The van der Waals surface area contributed by atoms with Crippen LogP contribution in [0.4, 0.5) is 4.79 Å². The van der Waals surface area contributed by atoms with Crippen LogP contribution in [0.25, 0.3) is 10.9 Å². The van der Waals surface area contributed by atoms with Crippen LogP contribution in [0.15, 0.2) is 30.5 Å². The first-order valence-corrected chi connectivity index (χ1v) is 4.49. The van der Waals surface area contributed by atoms with E-state index in [1.807, 2.05) is 18.2 Å². The quantitative estimate of drug-likeness (QED) is 0.716. The van der Waals surface area contributed by atoms with Crippen LogP contribution in [0.2, 0.25) is 0 Å². The number of carbonyl (C=O) groups is 1. The molecule has 0 aliphatic carbocycles. The number of carboxylic acid groups (broad SMARTS) is 1. The fraction of sp³-hybridized carbons (Fsp3) is 0.0833. The molecule has 2 rings (SSSR count). The first kappa shape index (κ1) is 9.35. The van der Waals surface area contributed by atoms with Gasteiger partial charge >= 0.3 is 6.09 Å². The van der Waals surface area contributed by atoms with E-state index in [9.17, 15) is 4.79 Å². The van der Waals surface area contributed by atoms with Gasteiger partial charge < -0.3 is 5.11 Å². The van der Waals surface area contributed by atoms with Crippen LogP contribution in [-0.2, 0) is 6.42 Å². The number of nitrogens with zero attached hydrogens (tertiary/aromatic N) is 1. The zero-order chi connectivity index (χ0) is 10.8. The second-order valence-corrected chi connectivity index (χ2v) is 3.24. The Balaban J connectivity index is 2.62. The predicted octanol–water partition coefficient (Wildman–Crippen LogP) is 2.34. The molecule has 15 heavy (non-hydrogen) atoms. The van der Waals surface area contributed by atoms with E-state index in [4.69, 9.17) is 11.5 Å². The lowest BCUT2D eigenvalue weighted by atomic mass is 10.1. The van der Waals surface area contributed by atoms with Crippen LogP contribution >= 0.6 is 0 Å². The van der Waals surface area contributed by atoms with Gasteiger partial charge in [-0.05, 0) is 17.7 Å². The van der Waals surface area contributed by atoms with Crippen molar-refractivity contribution in [3.8, 4) is 12.3 Å². The summed E-state index contributed by atoms with van der Waals surface area (Å²) in [7, 11) is 0. The summed E-state index contributed by atoms with van der Waals surface area (Å²) >= 11 is 0. The molecule has 0 aliphatic heterocycles. The summed E-state index contributed by atoms with van der Waals surface area (Å²) < 4.78 is 1.19. The molecule has 0 bridgehead atoms. The van der Waals surface area contributed by atoms with Gasteiger partial charge in [0.25, 0.3) is 0 Å². The number of fused-ring (bicyclic) bond motifs is 1. The smallest absolute Gasteiger partial charge is 0.415 e. The van der Waals surface area contributed by atoms with E-state index in [2.05, 4.69) is 5.92 Å². The molecule has 0 saturated heterocycles. The van der Waals surface area contributed by atoms with Gasteiger partial charge in [-0.2, -0.15) is 0 Å². The number of hydrogen-bond acceptors (Lipinski definition) is 1. The van der Waals surface area contributed by atoms with E-state index in [-0.39, 0.29) is 0 Å². The molecule has 1 aromatic heterocycles. The van der Waals surface area contributed by atoms with E-state index in [0.29, 0.717) is 11.9 Å². The second-order valence-electron chi connectivity index (χ2n) is 3.24. The fourth-order valence-corrected chi connectivity index (χ4v) is 1.57. The summed E-state index contributed by atoms with van der Waals surface area (Å²) in [6.07, 6.45) is 6.27. The molecule has 0 fully saturated rings. The van der Waals surface area contributed by atoms with Crippen molar-refractivity contribution in [2.75, 3.05) is 0 Å².